The highest BCUT2D eigenvalue weighted by atomic mass is 16.2. The van der Waals surface area contributed by atoms with Crippen molar-refractivity contribution < 1.29 is 9.59 Å². The van der Waals surface area contributed by atoms with E-state index in [1.54, 1.807) is 0 Å². The van der Waals surface area contributed by atoms with Crippen LogP contribution in [0.15, 0.2) is 30.3 Å². The normalized spacial score (nSPS) is 9.64. The number of rotatable bonds is 1. The highest BCUT2D eigenvalue weighted by molar-refractivity contribution is 5.20. The molecule has 2 heteroatoms. The van der Waals surface area contributed by atoms with E-state index >= 15 is 0 Å². The maximum Gasteiger partial charge on any atom is 0.373 e. The smallest absolute Gasteiger partial charge is 0.186 e. The molecule has 0 spiro atoms. The van der Waals surface area contributed by atoms with Crippen LogP contribution in [0.3, 0.4) is 0 Å². The second-order valence-corrected chi connectivity index (χ2v) is 4.31. The highest BCUT2D eigenvalue weighted by Gasteiger charge is 2.09. The molecule has 0 aliphatic rings. The second-order valence-electron chi connectivity index (χ2n) is 4.31. The summed E-state index contributed by atoms with van der Waals surface area (Å²) < 4.78 is 0. The van der Waals surface area contributed by atoms with Crippen LogP contribution in [-0.2, 0) is 16.0 Å². The Labute approximate surface area is 84.9 Å². The van der Waals surface area contributed by atoms with Gasteiger partial charge in [-0.25, -0.2) is 0 Å². The van der Waals surface area contributed by atoms with E-state index < -0.39 is 0 Å². The molecule has 0 unspecified atom stereocenters. The molecule has 0 atom stereocenters. The summed E-state index contributed by atoms with van der Waals surface area (Å²) in [6.07, 6.45) is 1.41. The quantitative estimate of drug-likeness (QED) is 0.685. The molecule has 76 valence electrons. The molecule has 14 heavy (non-hydrogen) atoms. The summed E-state index contributed by atoms with van der Waals surface area (Å²) in [4.78, 5) is 16.2. The molecule has 0 amide bonds. The lowest BCUT2D eigenvalue weighted by Crippen LogP contribution is -2.08. The Bertz CT molecular complexity index is 277. The molecule has 0 bridgehead atoms. The third kappa shape index (κ3) is 7.26. The van der Waals surface area contributed by atoms with Crippen LogP contribution in [0.1, 0.15) is 26.3 Å². The summed E-state index contributed by atoms with van der Waals surface area (Å²) in [6.45, 7) is 6.79. The Kier molecular flexibility index (Phi) is 5.50. The van der Waals surface area contributed by atoms with Gasteiger partial charge in [-0.3, -0.25) is 0 Å². The first-order chi connectivity index (χ1) is 6.49. The maximum atomic E-state index is 8.12. The zero-order valence-corrected chi connectivity index (χ0v) is 8.91. The monoisotopic (exact) mass is 192 g/mol. The van der Waals surface area contributed by atoms with Crippen LogP contribution in [0.5, 0.6) is 0 Å². The molecule has 0 aliphatic carbocycles. The molecule has 1 rings (SSSR count). The van der Waals surface area contributed by atoms with Crippen molar-refractivity contribution in [2.45, 2.75) is 27.2 Å². The van der Waals surface area contributed by atoms with Crippen molar-refractivity contribution in [3.8, 4) is 0 Å². The van der Waals surface area contributed by atoms with Crippen LogP contribution in [0.2, 0.25) is 0 Å². The number of carbonyl (C=O) groups excluding carboxylic acids is 2. The van der Waals surface area contributed by atoms with E-state index in [0.29, 0.717) is 5.41 Å². The van der Waals surface area contributed by atoms with E-state index in [9.17, 15) is 0 Å². The third-order valence-electron chi connectivity index (χ3n) is 1.58. The molecular formula is C12H16O2. The van der Waals surface area contributed by atoms with Crippen LogP contribution < -0.4 is 0 Å². The SMILES string of the molecule is CC(C)(C)Cc1ccccc1.O=C=O. The van der Waals surface area contributed by atoms with Crippen molar-refractivity contribution in [1.29, 1.82) is 0 Å². The van der Waals surface area contributed by atoms with Crippen LogP contribution in [-0.4, -0.2) is 6.15 Å². The van der Waals surface area contributed by atoms with E-state index in [1.165, 1.54) is 5.56 Å². The van der Waals surface area contributed by atoms with Gasteiger partial charge in [0.25, 0.3) is 0 Å². The van der Waals surface area contributed by atoms with Crippen LogP contribution >= 0.6 is 0 Å². The number of hydrogen-bond acceptors (Lipinski definition) is 2. The Hall–Kier alpha value is -1.40. The van der Waals surface area contributed by atoms with E-state index in [4.69, 9.17) is 9.59 Å². The highest BCUT2D eigenvalue weighted by Crippen LogP contribution is 2.19. The molecule has 0 radical (unpaired) electrons. The Morgan fingerprint density at radius 3 is 1.86 bits per heavy atom. The van der Waals surface area contributed by atoms with Crippen molar-refractivity contribution >= 4 is 6.15 Å². The van der Waals surface area contributed by atoms with Gasteiger partial charge in [0.05, 0.1) is 0 Å². The molecule has 0 saturated carbocycles. The largest absolute Gasteiger partial charge is 0.373 e. The van der Waals surface area contributed by atoms with Gasteiger partial charge in [-0.2, -0.15) is 9.59 Å². The second kappa shape index (κ2) is 6.11. The summed E-state index contributed by atoms with van der Waals surface area (Å²) in [7, 11) is 0. The lowest BCUT2D eigenvalue weighted by molar-refractivity contribution is -0.191. The summed E-state index contributed by atoms with van der Waals surface area (Å²) in [5, 5.41) is 0. The van der Waals surface area contributed by atoms with E-state index in [-0.39, 0.29) is 6.15 Å². The van der Waals surface area contributed by atoms with E-state index in [2.05, 4.69) is 51.1 Å². The van der Waals surface area contributed by atoms with Gasteiger partial charge in [-0.15, -0.1) is 0 Å². The fraction of sp³-hybridized carbons (Fsp3) is 0.417. The van der Waals surface area contributed by atoms with Crippen molar-refractivity contribution in [3.05, 3.63) is 35.9 Å². The molecule has 2 nitrogen and oxygen atoms in total. The van der Waals surface area contributed by atoms with Crippen LogP contribution in [0.25, 0.3) is 0 Å². The van der Waals surface area contributed by atoms with Gasteiger partial charge in [0.1, 0.15) is 0 Å². The van der Waals surface area contributed by atoms with Crippen LogP contribution in [0, 0.1) is 5.41 Å². The lowest BCUT2D eigenvalue weighted by atomic mass is 9.88. The molecule has 1 aromatic rings. The maximum absolute atomic E-state index is 8.12. The summed E-state index contributed by atoms with van der Waals surface area (Å²) in [6, 6.07) is 10.6. The van der Waals surface area contributed by atoms with Crippen molar-refractivity contribution in [3.63, 3.8) is 0 Å². The van der Waals surface area contributed by atoms with Gasteiger partial charge in [0.15, 0.2) is 0 Å². The minimum Gasteiger partial charge on any atom is -0.186 e. The molecule has 1 aromatic carbocycles. The average Bonchev–Trinajstić information content (AvgIpc) is 2.04. The molecule has 0 saturated heterocycles. The summed E-state index contributed by atoms with van der Waals surface area (Å²) >= 11 is 0. The first kappa shape index (κ1) is 12.6. The standard InChI is InChI=1S/C11H16.CO2/c1-11(2,3)9-10-7-5-4-6-8-10;2-1-3/h4-8H,9H2,1-3H3;. The Balaban J connectivity index is 0.000000500. The summed E-state index contributed by atoms with van der Waals surface area (Å²) in [5.41, 5.74) is 1.83. The van der Waals surface area contributed by atoms with Crippen molar-refractivity contribution in [2.24, 2.45) is 5.41 Å². The minimum absolute atomic E-state index is 0.250. The molecule has 0 aromatic heterocycles. The van der Waals surface area contributed by atoms with Gasteiger partial charge < -0.3 is 0 Å². The van der Waals surface area contributed by atoms with E-state index in [0.717, 1.165) is 6.42 Å². The van der Waals surface area contributed by atoms with E-state index in [1.807, 2.05) is 0 Å². The molecule has 0 aliphatic heterocycles. The third-order valence-corrected chi connectivity index (χ3v) is 1.58. The topological polar surface area (TPSA) is 34.1 Å². The van der Waals surface area contributed by atoms with Gasteiger partial charge in [0, 0.05) is 0 Å². The van der Waals surface area contributed by atoms with Gasteiger partial charge >= 0.3 is 6.15 Å². The van der Waals surface area contributed by atoms with Crippen molar-refractivity contribution in [1.82, 2.24) is 0 Å². The van der Waals surface area contributed by atoms with Crippen molar-refractivity contribution in [2.75, 3.05) is 0 Å². The molecule has 0 heterocycles. The Morgan fingerprint density at radius 1 is 1.07 bits per heavy atom. The fourth-order valence-electron chi connectivity index (χ4n) is 1.21. The average molecular weight is 192 g/mol. The van der Waals surface area contributed by atoms with Gasteiger partial charge in [-0.1, -0.05) is 51.1 Å². The zero-order chi connectivity index (χ0) is 11.0. The molecular weight excluding hydrogens is 176 g/mol. The Morgan fingerprint density at radius 2 is 1.50 bits per heavy atom. The van der Waals surface area contributed by atoms with Crippen LogP contribution in [0.4, 0.5) is 0 Å². The lowest BCUT2D eigenvalue weighted by Gasteiger charge is -2.17. The first-order valence-electron chi connectivity index (χ1n) is 4.53. The fourth-order valence-corrected chi connectivity index (χ4v) is 1.21. The molecule has 0 N–H and O–H groups in total. The first-order valence-corrected chi connectivity index (χ1v) is 4.53. The zero-order valence-electron chi connectivity index (χ0n) is 8.91. The minimum atomic E-state index is 0.250. The number of hydrogen-bond donors (Lipinski definition) is 0. The predicted octanol–water partition coefficient (Wildman–Crippen LogP) is 2.69. The predicted molar refractivity (Wildman–Crippen MR) is 54.6 cm³/mol. The molecule has 0 fully saturated rings. The summed E-state index contributed by atoms with van der Waals surface area (Å²) in [5.74, 6) is 0. The van der Waals surface area contributed by atoms with Gasteiger partial charge in [0.2, 0.25) is 0 Å². The number of benzene rings is 1. The van der Waals surface area contributed by atoms with Gasteiger partial charge in [-0.05, 0) is 17.4 Å².